The number of amides is 1. The molecular weight excluding hydrogens is 466 g/mol. The highest BCUT2D eigenvalue weighted by Gasteiger charge is 2.48. The van der Waals surface area contributed by atoms with Gasteiger partial charge >= 0.3 is 0 Å². The van der Waals surface area contributed by atoms with Crippen LogP contribution in [0.4, 0.5) is 0 Å². The molecule has 3 atom stereocenters. The highest BCUT2D eigenvalue weighted by atomic mass is 16.3. The van der Waals surface area contributed by atoms with Crippen LogP contribution in [0.1, 0.15) is 47.5 Å². The minimum atomic E-state index is -0.687. The summed E-state index contributed by atoms with van der Waals surface area (Å²) in [6, 6.07) is -0.198. The van der Waals surface area contributed by atoms with Crippen LogP contribution in [0.2, 0.25) is 0 Å². The molecule has 3 nitrogen and oxygen atoms in total. The van der Waals surface area contributed by atoms with Gasteiger partial charge in [0, 0.05) is 5.70 Å². The molecule has 38 heavy (non-hydrogen) atoms. The molecule has 202 valence electrons. The Labute approximate surface area is 231 Å². The van der Waals surface area contributed by atoms with Gasteiger partial charge in [-0.2, -0.15) is 0 Å². The van der Waals surface area contributed by atoms with Crippen LogP contribution in [0.25, 0.3) is 0 Å². The van der Waals surface area contributed by atoms with Crippen LogP contribution in [0.3, 0.4) is 0 Å². The van der Waals surface area contributed by atoms with Crippen LogP contribution in [-0.2, 0) is 4.79 Å². The van der Waals surface area contributed by atoms with Crippen molar-refractivity contribution in [3.8, 4) is 0 Å². The summed E-state index contributed by atoms with van der Waals surface area (Å²) in [4.78, 5) is 15.3. The fraction of sp³-hybridized carbons (Fsp3) is 0.286. The van der Waals surface area contributed by atoms with Gasteiger partial charge in [-0.25, -0.2) is 0 Å². The second-order valence-electron chi connectivity index (χ2n) is 8.87. The number of nitrogens with zero attached hydrogens (tertiary/aromatic N) is 1. The molecule has 1 amide bonds. The van der Waals surface area contributed by atoms with Crippen molar-refractivity contribution in [3.63, 3.8) is 0 Å². The molecule has 1 aliphatic rings. The Morgan fingerprint density at radius 1 is 0.868 bits per heavy atom. The first-order chi connectivity index (χ1) is 18.3. The number of β-lactam (4-membered cyclic amide) rings is 1. The third-order valence-electron chi connectivity index (χ3n) is 6.32. The van der Waals surface area contributed by atoms with Crippen LogP contribution in [-0.4, -0.2) is 28.1 Å². The van der Waals surface area contributed by atoms with E-state index >= 15 is 0 Å². The zero-order valence-electron chi connectivity index (χ0n) is 23.8. The van der Waals surface area contributed by atoms with E-state index in [4.69, 9.17) is 0 Å². The van der Waals surface area contributed by atoms with Crippen molar-refractivity contribution in [2.45, 2.75) is 59.6 Å². The van der Waals surface area contributed by atoms with Gasteiger partial charge in [0.1, 0.15) is 0 Å². The van der Waals surface area contributed by atoms with Crippen molar-refractivity contribution in [2.75, 3.05) is 0 Å². The largest absolute Gasteiger partial charge is 0.388 e. The van der Waals surface area contributed by atoms with E-state index in [2.05, 4.69) is 19.7 Å². The molecule has 0 aliphatic carbocycles. The van der Waals surface area contributed by atoms with E-state index in [0.29, 0.717) is 18.4 Å². The highest BCUT2D eigenvalue weighted by Crippen LogP contribution is 2.39. The summed E-state index contributed by atoms with van der Waals surface area (Å²) in [5.74, 6) is -0.230. The fourth-order valence-corrected chi connectivity index (χ4v) is 4.31. The van der Waals surface area contributed by atoms with Gasteiger partial charge in [-0.05, 0) is 75.8 Å². The van der Waals surface area contributed by atoms with Gasteiger partial charge in [-0.1, -0.05) is 111 Å². The highest BCUT2D eigenvalue weighted by molar-refractivity contribution is 5.90. The maximum atomic E-state index is 13.4. The number of carbonyl (C=O) groups excluding carboxylic acids is 1. The zero-order valence-corrected chi connectivity index (χ0v) is 23.8. The van der Waals surface area contributed by atoms with Crippen LogP contribution in [0.5, 0.6) is 0 Å². The van der Waals surface area contributed by atoms with Gasteiger partial charge < -0.3 is 10.0 Å². The van der Waals surface area contributed by atoms with Gasteiger partial charge in [0.2, 0.25) is 5.91 Å². The molecule has 1 rings (SSSR count). The molecule has 0 aromatic heterocycles. The standard InChI is InChI=1S/C35H45NO2/c1-9-16-18-22-31(15-7)36-34(32(35(36)38)25-26-33(37)27(8)19-11-3)29(14-6)24-23-28(13-5)30(20-12-4)21-17-10-2/h9-24,32-34,37H,5-6,8,25-26H2,1-4,7H3/b16-9-,17-10-,19-11-,20-12-,22-18-,28-23+,29-24+,30-21+,31-15+/t32-,33?,34?/m1/s1. The van der Waals surface area contributed by atoms with Crippen LogP contribution in [0, 0.1) is 5.92 Å². The second-order valence-corrected chi connectivity index (χ2v) is 8.87. The van der Waals surface area contributed by atoms with Crippen molar-refractivity contribution >= 4 is 5.91 Å². The van der Waals surface area contributed by atoms with E-state index < -0.39 is 6.10 Å². The fourth-order valence-electron chi connectivity index (χ4n) is 4.31. The normalized spacial score (nSPS) is 20.9. The van der Waals surface area contributed by atoms with Crippen molar-refractivity contribution in [1.29, 1.82) is 0 Å². The molecule has 0 radical (unpaired) electrons. The monoisotopic (exact) mass is 511 g/mol. The van der Waals surface area contributed by atoms with Crippen molar-refractivity contribution in [2.24, 2.45) is 5.92 Å². The van der Waals surface area contributed by atoms with E-state index in [1.807, 2.05) is 131 Å². The molecule has 1 fully saturated rings. The zero-order chi connectivity index (χ0) is 28.5. The predicted octanol–water partition coefficient (Wildman–Crippen LogP) is 8.43. The molecular formula is C35H45NO2. The summed E-state index contributed by atoms with van der Waals surface area (Å²) in [5.41, 5.74) is 4.41. The molecule has 0 aromatic carbocycles. The number of carbonyl (C=O) groups is 1. The Bertz CT molecular complexity index is 1110. The number of rotatable bonds is 15. The molecule has 0 spiro atoms. The Balaban J connectivity index is 3.51. The molecule has 1 aliphatic heterocycles. The molecule has 2 unspecified atom stereocenters. The van der Waals surface area contributed by atoms with E-state index in [1.165, 1.54) is 0 Å². The Hall–Kier alpha value is -3.69. The summed E-state index contributed by atoms with van der Waals surface area (Å²) in [6.45, 7) is 21.8. The average molecular weight is 512 g/mol. The number of aliphatic hydroxyl groups is 1. The van der Waals surface area contributed by atoms with Gasteiger partial charge in [-0.15, -0.1) is 0 Å². The summed E-state index contributed by atoms with van der Waals surface area (Å²) < 4.78 is 0. The third-order valence-corrected chi connectivity index (χ3v) is 6.32. The maximum absolute atomic E-state index is 13.4. The van der Waals surface area contributed by atoms with Gasteiger partial charge in [0.15, 0.2) is 0 Å². The molecule has 0 saturated carbocycles. The minimum Gasteiger partial charge on any atom is -0.388 e. The van der Waals surface area contributed by atoms with E-state index in [0.717, 1.165) is 22.4 Å². The van der Waals surface area contributed by atoms with Crippen LogP contribution >= 0.6 is 0 Å². The van der Waals surface area contributed by atoms with Crippen molar-refractivity contribution in [3.05, 3.63) is 145 Å². The predicted molar refractivity (Wildman–Crippen MR) is 165 cm³/mol. The summed E-state index contributed by atoms with van der Waals surface area (Å²) in [5, 5.41) is 10.6. The Morgan fingerprint density at radius 3 is 2.11 bits per heavy atom. The lowest BCUT2D eigenvalue weighted by atomic mass is 9.77. The minimum absolute atomic E-state index is 0.0420. The molecule has 1 heterocycles. The lowest BCUT2D eigenvalue weighted by Crippen LogP contribution is -2.60. The number of aliphatic hydroxyl groups excluding tert-OH is 1. The van der Waals surface area contributed by atoms with Crippen LogP contribution in [0.15, 0.2) is 145 Å². The van der Waals surface area contributed by atoms with Gasteiger partial charge in [0.25, 0.3) is 0 Å². The summed E-state index contributed by atoms with van der Waals surface area (Å²) in [7, 11) is 0. The first-order valence-electron chi connectivity index (χ1n) is 13.3. The van der Waals surface area contributed by atoms with E-state index in [9.17, 15) is 9.90 Å². The van der Waals surface area contributed by atoms with E-state index in [-0.39, 0.29) is 17.9 Å². The Kier molecular flexibility index (Phi) is 15.1. The second kappa shape index (κ2) is 17.7. The van der Waals surface area contributed by atoms with E-state index in [1.54, 1.807) is 6.08 Å². The molecule has 1 saturated heterocycles. The third kappa shape index (κ3) is 9.00. The molecule has 1 N–H and O–H groups in total. The van der Waals surface area contributed by atoms with Gasteiger partial charge in [0.05, 0.1) is 18.1 Å². The Morgan fingerprint density at radius 2 is 1.55 bits per heavy atom. The first kappa shape index (κ1) is 32.3. The quantitative estimate of drug-likeness (QED) is 0.177. The lowest BCUT2D eigenvalue weighted by molar-refractivity contribution is -0.150. The average Bonchev–Trinajstić information content (AvgIpc) is 2.92. The maximum Gasteiger partial charge on any atom is 0.233 e. The number of hydrogen-bond acceptors (Lipinski definition) is 2. The molecule has 0 bridgehead atoms. The number of likely N-dealkylation sites (tertiary alicyclic amines) is 1. The summed E-state index contributed by atoms with van der Waals surface area (Å²) in [6.07, 6.45) is 31.4. The lowest BCUT2D eigenvalue weighted by Gasteiger charge is -2.48. The topological polar surface area (TPSA) is 40.5 Å². The smallest absolute Gasteiger partial charge is 0.233 e. The first-order valence-corrected chi connectivity index (χ1v) is 13.3. The van der Waals surface area contributed by atoms with Crippen LogP contribution < -0.4 is 0 Å². The number of allylic oxidation sites excluding steroid dienone is 16. The molecule has 0 aromatic rings. The van der Waals surface area contributed by atoms with Gasteiger partial charge in [-0.3, -0.25) is 4.79 Å². The van der Waals surface area contributed by atoms with Crippen molar-refractivity contribution in [1.82, 2.24) is 4.90 Å². The number of hydrogen-bond donors (Lipinski definition) is 1. The molecule has 3 heteroatoms. The van der Waals surface area contributed by atoms with Crippen molar-refractivity contribution < 1.29 is 9.90 Å². The SMILES string of the molecule is C=CC(=C\C=C(/C=C)C1[C@@H](CCC(O)C(=C)/C=C\C)C(=O)N1C(/C=C\C=C/C)=C/C)/C(/C=C\C)=C/C=C\C. The summed E-state index contributed by atoms with van der Waals surface area (Å²) >= 11 is 0.